The summed E-state index contributed by atoms with van der Waals surface area (Å²) < 4.78 is 15.6. The minimum Gasteiger partial charge on any atom is -0.496 e. The second-order valence-electron chi connectivity index (χ2n) is 6.23. The molecule has 4 unspecified atom stereocenters. The van der Waals surface area contributed by atoms with Gasteiger partial charge >= 0.3 is 5.97 Å². The fourth-order valence-corrected chi connectivity index (χ4v) is 4.06. The minimum atomic E-state index is -0.541. The molecule has 7 heteroatoms. The molecule has 1 aromatic rings. The van der Waals surface area contributed by atoms with E-state index in [1.165, 1.54) is 31.3 Å². The van der Waals surface area contributed by atoms with Crippen LogP contribution in [0, 0.1) is 11.8 Å². The summed E-state index contributed by atoms with van der Waals surface area (Å²) in [6.45, 7) is 0. The number of carbonyl (C=O) groups excluding carboxylic acids is 3. The third-order valence-electron chi connectivity index (χ3n) is 5.13. The van der Waals surface area contributed by atoms with E-state index in [2.05, 4.69) is 0 Å². The lowest BCUT2D eigenvalue weighted by Crippen LogP contribution is -2.34. The fourth-order valence-electron chi connectivity index (χ4n) is 4.06. The van der Waals surface area contributed by atoms with Gasteiger partial charge in [0.15, 0.2) is 0 Å². The summed E-state index contributed by atoms with van der Waals surface area (Å²) in [6, 6.07) is 4.58. The second kappa shape index (κ2) is 5.31. The third kappa shape index (κ3) is 1.91. The highest BCUT2D eigenvalue weighted by Crippen LogP contribution is 2.49. The molecule has 0 aliphatic carbocycles. The highest BCUT2D eigenvalue weighted by Gasteiger charge is 2.62. The Balaban J connectivity index is 1.70. The van der Waals surface area contributed by atoms with Gasteiger partial charge in [-0.25, -0.2) is 9.69 Å². The number of esters is 1. The van der Waals surface area contributed by atoms with E-state index >= 15 is 0 Å². The van der Waals surface area contributed by atoms with E-state index in [1.54, 1.807) is 6.07 Å². The normalized spacial score (nSPS) is 30.7. The van der Waals surface area contributed by atoms with Gasteiger partial charge in [0, 0.05) is 6.07 Å². The molecule has 0 aromatic heterocycles. The zero-order valence-corrected chi connectivity index (χ0v) is 13.4. The molecule has 4 rings (SSSR count). The van der Waals surface area contributed by atoms with Gasteiger partial charge in [0.25, 0.3) is 0 Å². The van der Waals surface area contributed by atoms with Crippen molar-refractivity contribution >= 4 is 23.5 Å². The highest BCUT2D eigenvalue weighted by atomic mass is 16.5. The maximum atomic E-state index is 12.8. The number of fused-ring (bicyclic) bond motifs is 5. The average Bonchev–Trinajstić information content (AvgIpc) is 3.27. The number of hydrogen-bond donors (Lipinski definition) is 0. The van der Waals surface area contributed by atoms with Crippen LogP contribution in [-0.2, 0) is 19.1 Å². The number of methoxy groups -OCH3 is 2. The largest absolute Gasteiger partial charge is 0.496 e. The molecule has 4 atom stereocenters. The van der Waals surface area contributed by atoms with Crippen LogP contribution >= 0.6 is 0 Å². The topological polar surface area (TPSA) is 82.1 Å². The fraction of sp³-hybridized carbons (Fsp3) is 0.471. The molecule has 7 nitrogen and oxygen atoms in total. The van der Waals surface area contributed by atoms with Gasteiger partial charge in [-0.15, -0.1) is 0 Å². The van der Waals surface area contributed by atoms with E-state index in [0.29, 0.717) is 5.69 Å². The number of nitrogens with zero attached hydrogens (tertiary/aromatic N) is 1. The van der Waals surface area contributed by atoms with Crippen molar-refractivity contribution in [1.29, 1.82) is 0 Å². The first kappa shape index (κ1) is 15.1. The van der Waals surface area contributed by atoms with Crippen LogP contribution in [0.3, 0.4) is 0 Å². The molecule has 0 radical (unpaired) electrons. The molecular weight excluding hydrogens is 314 g/mol. The number of amides is 2. The summed E-state index contributed by atoms with van der Waals surface area (Å²) >= 11 is 0. The summed E-state index contributed by atoms with van der Waals surface area (Å²) in [5, 5.41) is 0. The standard InChI is InChI=1S/C17H17NO6/c1-22-12-7-8(3-4-9(12)17(21)23-2)18-15(19)13-10-5-6-11(24-10)14(13)16(18)20/h3-4,7,10-11,13-14H,5-6H2,1-2H3. The van der Waals surface area contributed by atoms with Crippen molar-refractivity contribution in [3.05, 3.63) is 23.8 Å². The number of ether oxygens (including phenoxy) is 3. The number of imide groups is 1. The lowest BCUT2D eigenvalue weighted by Gasteiger charge is -2.19. The first-order valence-electron chi connectivity index (χ1n) is 7.86. The molecule has 3 aliphatic heterocycles. The van der Waals surface area contributed by atoms with Crippen molar-refractivity contribution in [2.24, 2.45) is 11.8 Å². The second-order valence-corrected chi connectivity index (χ2v) is 6.23. The van der Waals surface area contributed by atoms with E-state index in [0.717, 1.165) is 12.8 Å². The number of carbonyl (C=O) groups is 3. The van der Waals surface area contributed by atoms with Crippen molar-refractivity contribution in [2.75, 3.05) is 19.1 Å². The number of benzene rings is 1. The third-order valence-corrected chi connectivity index (χ3v) is 5.13. The Morgan fingerprint density at radius 3 is 2.29 bits per heavy atom. The van der Waals surface area contributed by atoms with Gasteiger partial charge in [-0.1, -0.05) is 0 Å². The number of rotatable bonds is 3. The molecule has 3 fully saturated rings. The van der Waals surface area contributed by atoms with Gasteiger partial charge in [-0.3, -0.25) is 9.59 Å². The van der Waals surface area contributed by atoms with Crippen LogP contribution in [0.25, 0.3) is 0 Å². The highest BCUT2D eigenvalue weighted by molar-refractivity contribution is 6.23. The van der Waals surface area contributed by atoms with Crippen LogP contribution in [0.2, 0.25) is 0 Å². The van der Waals surface area contributed by atoms with Crippen LogP contribution in [0.4, 0.5) is 5.69 Å². The number of hydrogen-bond acceptors (Lipinski definition) is 6. The molecular formula is C17H17NO6. The van der Waals surface area contributed by atoms with Gasteiger partial charge in [0.2, 0.25) is 11.8 Å². The maximum Gasteiger partial charge on any atom is 0.341 e. The summed E-state index contributed by atoms with van der Waals surface area (Å²) in [6.07, 6.45) is 1.34. The summed E-state index contributed by atoms with van der Waals surface area (Å²) in [5.41, 5.74) is 0.648. The van der Waals surface area contributed by atoms with Crippen molar-refractivity contribution in [2.45, 2.75) is 25.0 Å². The van der Waals surface area contributed by atoms with E-state index < -0.39 is 5.97 Å². The Morgan fingerprint density at radius 1 is 1.12 bits per heavy atom. The van der Waals surface area contributed by atoms with Gasteiger partial charge < -0.3 is 14.2 Å². The first-order valence-corrected chi connectivity index (χ1v) is 7.86. The first-order chi connectivity index (χ1) is 11.6. The average molecular weight is 331 g/mol. The Bertz CT molecular complexity index is 717. The minimum absolute atomic E-state index is 0.155. The molecule has 3 aliphatic rings. The van der Waals surface area contributed by atoms with Gasteiger partial charge in [0.05, 0.1) is 44.0 Å². The maximum absolute atomic E-state index is 12.8. The van der Waals surface area contributed by atoms with Gasteiger partial charge in [0.1, 0.15) is 11.3 Å². The molecule has 3 saturated heterocycles. The quantitative estimate of drug-likeness (QED) is 0.610. The summed E-state index contributed by atoms with van der Waals surface area (Å²) in [7, 11) is 2.70. The molecule has 2 bridgehead atoms. The zero-order valence-electron chi connectivity index (χ0n) is 13.4. The molecule has 1 aromatic carbocycles. The SMILES string of the molecule is COC(=O)c1ccc(N2C(=O)C3C4CCC(O4)C3C2=O)cc1OC. The number of anilines is 1. The van der Waals surface area contributed by atoms with Gasteiger partial charge in [-0.2, -0.15) is 0 Å². The van der Waals surface area contributed by atoms with Gasteiger partial charge in [-0.05, 0) is 25.0 Å². The van der Waals surface area contributed by atoms with E-state index in [9.17, 15) is 14.4 Å². The van der Waals surface area contributed by atoms with Crippen LogP contribution in [0.1, 0.15) is 23.2 Å². The van der Waals surface area contributed by atoms with Crippen molar-refractivity contribution < 1.29 is 28.6 Å². The predicted molar refractivity (Wildman–Crippen MR) is 81.7 cm³/mol. The Morgan fingerprint density at radius 2 is 1.75 bits per heavy atom. The predicted octanol–water partition coefficient (Wildman–Crippen LogP) is 1.15. The van der Waals surface area contributed by atoms with Crippen LogP contribution < -0.4 is 9.64 Å². The van der Waals surface area contributed by atoms with Crippen LogP contribution in [-0.4, -0.2) is 44.2 Å². The van der Waals surface area contributed by atoms with Crippen molar-refractivity contribution in [1.82, 2.24) is 0 Å². The van der Waals surface area contributed by atoms with E-state index in [-0.39, 0.29) is 47.2 Å². The van der Waals surface area contributed by atoms with Crippen LogP contribution in [0.15, 0.2) is 18.2 Å². The molecule has 2 amide bonds. The molecule has 126 valence electrons. The molecule has 0 saturated carbocycles. The van der Waals surface area contributed by atoms with E-state index in [1.807, 2.05) is 0 Å². The summed E-state index contributed by atoms with van der Waals surface area (Å²) in [4.78, 5) is 38.5. The lowest BCUT2D eigenvalue weighted by molar-refractivity contribution is -0.124. The Kier molecular flexibility index (Phi) is 3.35. The molecule has 0 N–H and O–H groups in total. The smallest absolute Gasteiger partial charge is 0.341 e. The monoisotopic (exact) mass is 331 g/mol. The molecule has 3 heterocycles. The molecule has 24 heavy (non-hydrogen) atoms. The molecule has 0 spiro atoms. The van der Waals surface area contributed by atoms with Crippen molar-refractivity contribution in [3.63, 3.8) is 0 Å². The van der Waals surface area contributed by atoms with Crippen LogP contribution in [0.5, 0.6) is 5.75 Å². The van der Waals surface area contributed by atoms with Crippen molar-refractivity contribution in [3.8, 4) is 5.75 Å². The van der Waals surface area contributed by atoms with E-state index in [4.69, 9.17) is 14.2 Å². The Hall–Kier alpha value is -2.41. The lowest BCUT2D eigenvalue weighted by atomic mass is 9.81. The summed E-state index contributed by atoms with van der Waals surface area (Å²) in [5.74, 6) is -1.52. The Labute approximate surface area is 138 Å². The zero-order chi connectivity index (χ0) is 17.0.